The van der Waals surface area contributed by atoms with Crippen molar-refractivity contribution < 1.29 is 26.9 Å². The van der Waals surface area contributed by atoms with E-state index in [0.717, 1.165) is 32.1 Å². The van der Waals surface area contributed by atoms with Crippen LogP contribution in [0.1, 0.15) is 57.9 Å². The van der Waals surface area contributed by atoms with Gasteiger partial charge in [-0.25, -0.2) is 13.0 Å². The molecule has 2 aromatic carbocycles. The van der Waals surface area contributed by atoms with Gasteiger partial charge in [0.25, 0.3) is 0 Å². The van der Waals surface area contributed by atoms with Crippen LogP contribution in [0.5, 0.6) is 11.5 Å². The number of fused-ring (bicyclic) bond motifs is 1. The Hall–Kier alpha value is -2.55. The Morgan fingerprint density at radius 1 is 0.875 bits per heavy atom. The molecule has 3 rings (SSSR count). The Labute approximate surface area is 188 Å². The smallest absolute Gasteiger partial charge is 0.205 e. The fourth-order valence-electron chi connectivity index (χ4n) is 3.16. The molecule has 1 atom stereocenters. The van der Waals surface area contributed by atoms with Crippen LogP contribution in [0.25, 0.3) is 0 Å². The van der Waals surface area contributed by atoms with E-state index < -0.39 is 44.8 Å². The molecule has 0 bridgehead atoms. The number of amidine groups is 1. The van der Waals surface area contributed by atoms with Crippen molar-refractivity contribution in [3.63, 3.8) is 0 Å². The van der Waals surface area contributed by atoms with Crippen molar-refractivity contribution in [2.24, 2.45) is 4.40 Å². The first kappa shape index (κ1) is 24.1. The molecule has 0 saturated heterocycles. The van der Waals surface area contributed by atoms with Gasteiger partial charge in [-0.1, -0.05) is 39.5 Å². The molecular weight excluding hydrogens is 441 g/mol. The van der Waals surface area contributed by atoms with E-state index in [9.17, 15) is 17.4 Å². The van der Waals surface area contributed by atoms with Crippen LogP contribution in [0.3, 0.4) is 0 Å². The Bertz CT molecular complexity index is 997. The van der Waals surface area contributed by atoms with E-state index in [-0.39, 0.29) is 12.4 Å². The predicted molar refractivity (Wildman–Crippen MR) is 119 cm³/mol. The van der Waals surface area contributed by atoms with Crippen molar-refractivity contribution in [2.75, 3.05) is 18.5 Å². The summed E-state index contributed by atoms with van der Waals surface area (Å²) in [6.45, 7) is 4.71. The highest BCUT2D eigenvalue weighted by Gasteiger charge is 2.33. The zero-order chi connectivity index (χ0) is 23.1. The maximum atomic E-state index is 14.9. The number of hydrogen-bond acceptors (Lipinski definition) is 4. The highest BCUT2D eigenvalue weighted by Crippen LogP contribution is 2.39. The Morgan fingerprint density at radius 3 is 2.25 bits per heavy atom. The number of nitrogens with one attached hydrogen (secondary N) is 1. The lowest BCUT2D eigenvalue weighted by Crippen LogP contribution is -2.23. The molecule has 1 aliphatic rings. The zero-order valence-corrected chi connectivity index (χ0v) is 19.0. The lowest BCUT2D eigenvalue weighted by molar-refractivity contribution is 0.267. The van der Waals surface area contributed by atoms with Gasteiger partial charge < -0.3 is 14.8 Å². The molecule has 1 heterocycles. The van der Waals surface area contributed by atoms with Crippen LogP contribution in [-0.2, 0) is 11.0 Å². The largest absolute Gasteiger partial charge is 0.494 e. The minimum Gasteiger partial charge on any atom is -0.494 e. The SMILES string of the molecule is CCCCCCOc1c(F)c(F)c2c(c1F)S(=O)N=C(c1ccc(OCCCC)cc1)N2. The third kappa shape index (κ3) is 5.43. The molecule has 0 saturated carbocycles. The van der Waals surface area contributed by atoms with Gasteiger partial charge in [-0.15, -0.1) is 0 Å². The van der Waals surface area contributed by atoms with Crippen LogP contribution in [-0.4, -0.2) is 23.3 Å². The molecular formula is C23H27F3N2O3S. The molecule has 1 aliphatic heterocycles. The summed E-state index contributed by atoms with van der Waals surface area (Å²) in [7, 11) is -2.28. The highest BCUT2D eigenvalue weighted by molar-refractivity contribution is 7.84. The van der Waals surface area contributed by atoms with Crippen LogP contribution >= 0.6 is 0 Å². The molecule has 0 amide bonds. The fraction of sp³-hybridized carbons (Fsp3) is 0.435. The molecule has 0 aromatic heterocycles. The number of anilines is 1. The molecule has 5 nitrogen and oxygen atoms in total. The Morgan fingerprint density at radius 2 is 1.56 bits per heavy atom. The number of nitrogens with zero attached hydrogens (tertiary/aromatic N) is 1. The normalized spacial score (nSPS) is 15.0. The first-order valence-electron chi connectivity index (χ1n) is 10.8. The van der Waals surface area contributed by atoms with E-state index in [2.05, 4.69) is 16.6 Å². The number of halogens is 3. The van der Waals surface area contributed by atoms with Gasteiger partial charge in [-0.3, -0.25) is 0 Å². The summed E-state index contributed by atoms with van der Waals surface area (Å²) in [5.41, 5.74) is -0.0618. The summed E-state index contributed by atoms with van der Waals surface area (Å²) in [4.78, 5) is -0.560. The van der Waals surface area contributed by atoms with Gasteiger partial charge in [0.15, 0.2) is 28.4 Å². The third-order valence-electron chi connectivity index (χ3n) is 4.97. The van der Waals surface area contributed by atoms with E-state index in [1.54, 1.807) is 24.3 Å². The van der Waals surface area contributed by atoms with E-state index >= 15 is 0 Å². The van der Waals surface area contributed by atoms with Crippen LogP contribution in [0, 0.1) is 17.5 Å². The molecule has 2 aromatic rings. The molecule has 9 heteroatoms. The third-order valence-corrected chi connectivity index (χ3v) is 6.05. The van der Waals surface area contributed by atoms with Gasteiger partial charge >= 0.3 is 0 Å². The van der Waals surface area contributed by atoms with Crippen LogP contribution in [0.15, 0.2) is 33.6 Å². The van der Waals surface area contributed by atoms with Crippen LogP contribution in [0.2, 0.25) is 0 Å². The minimum absolute atomic E-state index is 0.0350. The van der Waals surface area contributed by atoms with Crippen molar-refractivity contribution in [3.05, 3.63) is 47.3 Å². The first-order valence-corrected chi connectivity index (χ1v) is 11.9. The summed E-state index contributed by atoms with van der Waals surface area (Å²) in [6, 6.07) is 6.68. The fourth-order valence-corrected chi connectivity index (χ4v) is 4.13. The molecule has 1 N–H and O–H groups in total. The van der Waals surface area contributed by atoms with E-state index in [1.807, 2.05) is 6.92 Å². The topological polar surface area (TPSA) is 59.9 Å². The van der Waals surface area contributed by atoms with Gasteiger partial charge in [0.2, 0.25) is 5.82 Å². The molecule has 0 fully saturated rings. The highest BCUT2D eigenvalue weighted by atomic mass is 32.2. The van der Waals surface area contributed by atoms with Crippen molar-refractivity contribution in [3.8, 4) is 11.5 Å². The number of ether oxygens (including phenoxy) is 2. The number of unbranched alkanes of at least 4 members (excludes halogenated alkanes) is 4. The van der Waals surface area contributed by atoms with Crippen LogP contribution < -0.4 is 14.8 Å². The quantitative estimate of drug-likeness (QED) is 0.318. The van der Waals surface area contributed by atoms with Crippen molar-refractivity contribution in [1.29, 1.82) is 0 Å². The standard InChI is InChI=1S/C23H27F3N2O3S/c1-3-5-7-8-14-31-21-18(25)17(24)20-22(19(21)26)32(29)28-23(27-20)15-9-11-16(12-10-15)30-13-6-4-2/h9-12H,3-8,13-14H2,1-2H3,(H,27,28). The Kier molecular flexibility index (Phi) is 8.55. The lowest BCUT2D eigenvalue weighted by atomic mass is 10.1. The van der Waals surface area contributed by atoms with E-state index in [4.69, 9.17) is 9.47 Å². The van der Waals surface area contributed by atoms with Crippen LogP contribution in [0.4, 0.5) is 18.9 Å². The zero-order valence-electron chi connectivity index (χ0n) is 18.2. The molecule has 0 radical (unpaired) electrons. The predicted octanol–water partition coefficient (Wildman–Crippen LogP) is 6.14. The number of rotatable bonds is 11. The van der Waals surface area contributed by atoms with Gasteiger partial charge in [-0.05, 0) is 37.1 Å². The van der Waals surface area contributed by atoms with Gasteiger partial charge in [0.1, 0.15) is 22.2 Å². The van der Waals surface area contributed by atoms with E-state index in [0.29, 0.717) is 24.3 Å². The molecule has 1 unspecified atom stereocenters. The monoisotopic (exact) mass is 468 g/mol. The number of benzene rings is 2. The van der Waals surface area contributed by atoms with Gasteiger partial charge in [0.05, 0.1) is 13.2 Å². The number of hydrogen-bond donors (Lipinski definition) is 1. The lowest BCUT2D eigenvalue weighted by Gasteiger charge is -2.21. The van der Waals surface area contributed by atoms with Gasteiger partial charge in [-0.2, -0.15) is 8.79 Å². The molecule has 32 heavy (non-hydrogen) atoms. The first-order chi connectivity index (χ1) is 15.5. The summed E-state index contributed by atoms with van der Waals surface area (Å²) in [5, 5.41) is 2.58. The summed E-state index contributed by atoms with van der Waals surface area (Å²) >= 11 is 0. The molecule has 0 aliphatic carbocycles. The molecule has 0 spiro atoms. The summed E-state index contributed by atoms with van der Waals surface area (Å²) in [5.74, 6) is -4.19. The van der Waals surface area contributed by atoms with Crippen molar-refractivity contribution >= 4 is 22.5 Å². The second-order valence-electron chi connectivity index (χ2n) is 7.42. The minimum atomic E-state index is -2.28. The summed E-state index contributed by atoms with van der Waals surface area (Å²) < 4.78 is 71.5. The average molecular weight is 469 g/mol. The van der Waals surface area contributed by atoms with Crippen molar-refractivity contribution in [2.45, 2.75) is 57.3 Å². The second kappa shape index (κ2) is 11.4. The van der Waals surface area contributed by atoms with E-state index in [1.165, 1.54) is 0 Å². The maximum Gasteiger partial charge on any atom is 0.205 e. The maximum absolute atomic E-state index is 14.9. The summed E-state index contributed by atoms with van der Waals surface area (Å²) in [6.07, 6.45) is 5.30. The molecule has 174 valence electrons. The average Bonchev–Trinajstić information content (AvgIpc) is 2.79. The second-order valence-corrected chi connectivity index (χ2v) is 8.51. The Balaban J connectivity index is 1.80. The van der Waals surface area contributed by atoms with Crippen molar-refractivity contribution in [1.82, 2.24) is 0 Å². The van der Waals surface area contributed by atoms with Gasteiger partial charge in [0, 0.05) is 5.56 Å².